The van der Waals surface area contributed by atoms with Gasteiger partial charge in [-0.25, -0.2) is 0 Å². The highest BCUT2D eigenvalue weighted by molar-refractivity contribution is 6.31. The lowest BCUT2D eigenvalue weighted by molar-refractivity contribution is 0.208. The van der Waals surface area contributed by atoms with Crippen molar-refractivity contribution in [2.45, 2.75) is 38.3 Å². The topological polar surface area (TPSA) is 35.5 Å². The van der Waals surface area contributed by atoms with E-state index in [0.717, 1.165) is 37.5 Å². The van der Waals surface area contributed by atoms with E-state index in [1.807, 2.05) is 12.1 Å². The molecule has 0 aromatic heterocycles. The lowest BCUT2D eigenvalue weighted by Crippen LogP contribution is -2.37. The summed E-state index contributed by atoms with van der Waals surface area (Å²) in [6.07, 6.45) is 4.85. The zero-order chi connectivity index (χ0) is 13.9. The molecule has 1 saturated carbocycles. The summed E-state index contributed by atoms with van der Waals surface area (Å²) in [6.45, 7) is 3.13. The minimum Gasteiger partial charge on any atom is -0.396 e. The molecule has 2 fully saturated rings. The van der Waals surface area contributed by atoms with Crippen molar-refractivity contribution >= 4 is 17.3 Å². The average Bonchev–Trinajstić information content (AvgIpc) is 3.30. The van der Waals surface area contributed by atoms with Gasteiger partial charge in [0, 0.05) is 48.6 Å². The molecule has 1 unspecified atom stereocenters. The quantitative estimate of drug-likeness (QED) is 0.876. The van der Waals surface area contributed by atoms with Crippen molar-refractivity contribution in [3.63, 3.8) is 0 Å². The number of hydrogen-bond acceptors (Lipinski definition) is 3. The predicted molar refractivity (Wildman–Crippen MR) is 83.3 cm³/mol. The van der Waals surface area contributed by atoms with E-state index >= 15 is 0 Å². The van der Waals surface area contributed by atoms with Gasteiger partial charge in [0.1, 0.15) is 0 Å². The highest BCUT2D eigenvalue weighted by Crippen LogP contribution is 2.31. The molecule has 110 valence electrons. The van der Waals surface area contributed by atoms with E-state index in [1.54, 1.807) is 0 Å². The summed E-state index contributed by atoms with van der Waals surface area (Å²) in [4.78, 5) is 2.39. The molecule has 1 saturated heterocycles. The summed E-state index contributed by atoms with van der Waals surface area (Å²) < 4.78 is 0. The Morgan fingerprint density at radius 2 is 2.15 bits per heavy atom. The molecule has 1 aromatic rings. The van der Waals surface area contributed by atoms with Crippen molar-refractivity contribution in [2.75, 3.05) is 24.6 Å². The van der Waals surface area contributed by atoms with E-state index in [4.69, 9.17) is 11.6 Å². The molecule has 3 nitrogen and oxygen atoms in total. The summed E-state index contributed by atoms with van der Waals surface area (Å²) in [6, 6.07) is 6.85. The van der Waals surface area contributed by atoms with E-state index in [0.29, 0.717) is 12.0 Å². The Balaban J connectivity index is 1.77. The van der Waals surface area contributed by atoms with Crippen LogP contribution in [0, 0.1) is 5.92 Å². The number of nitrogens with one attached hydrogen (secondary N) is 1. The molecule has 4 heteroatoms. The minimum absolute atomic E-state index is 0.284. The van der Waals surface area contributed by atoms with Crippen LogP contribution in [0.25, 0.3) is 0 Å². The Morgan fingerprint density at radius 3 is 2.90 bits per heavy atom. The van der Waals surface area contributed by atoms with Crippen LogP contribution in [-0.4, -0.2) is 30.8 Å². The van der Waals surface area contributed by atoms with Gasteiger partial charge >= 0.3 is 0 Å². The van der Waals surface area contributed by atoms with Gasteiger partial charge in [-0.2, -0.15) is 0 Å². The molecular weight excluding hydrogens is 272 g/mol. The SMILES string of the molecule is OCC1CCCN(c2cccc(Cl)c2CNC2CC2)C1. The highest BCUT2D eigenvalue weighted by atomic mass is 35.5. The van der Waals surface area contributed by atoms with Gasteiger partial charge in [0.05, 0.1) is 0 Å². The van der Waals surface area contributed by atoms with Crippen LogP contribution in [0.2, 0.25) is 5.02 Å². The predicted octanol–water partition coefficient (Wildman–Crippen LogP) is 2.80. The first-order chi connectivity index (χ1) is 9.78. The molecule has 0 amide bonds. The average molecular weight is 295 g/mol. The molecule has 2 aliphatic rings. The molecule has 0 spiro atoms. The number of aliphatic hydroxyl groups is 1. The van der Waals surface area contributed by atoms with Crippen molar-refractivity contribution in [1.82, 2.24) is 5.32 Å². The van der Waals surface area contributed by atoms with E-state index < -0.39 is 0 Å². The highest BCUT2D eigenvalue weighted by Gasteiger charge is 2.24. The molecule has 1 atom stereocenters. The molecule has 1 aliphatic carbocycles. The standard InChI is InChI=1S/C16H23ClN2O/c17-15-4-1-5-16(14(15)9-18-13-6-7-13)19-8-2-3-12(10-19)11-20/h1,4-5,12-13,18,20H,2-3,6-11H2. The van der Waals surface area contributed by atoms with Crippen LogP contribution in [0.1, 0.15) is 31.2 Å². The summed E-state index contributed by atoms with van der Waals surface area (Å²) in [5, 5.41) is 13.8. The maximum atomic E-state index is 9.40. The first-order valence-electron chi connectivity index (χ1n) is 7.64. The third-order valence-corrected chi connectivity index (χ3v) is 4.71. The lowest BCUT2D eigenvalue weighted by atomic mass is 9.97. The number of nitrogens with zero attached hydrogens (tertiary/aromatic N) is 1. The second kappa shape index (κ2) is 6.33. The molecule has 2 N–H and O–H groups in total. The smallest absolute Gasteiger partial charge is 0.0476 e. The van der Waals surface area contributed by atoms with Crippen LogP contribution >= 0.6 is 11.6 Å². The lowest BCUT2D eigenvalue weighted by Gasteiger charge is -2.35. The summed E-state index contributed by atoms with van der Waals surface area (Å²) in [7, 11) is 0. The van der Waals surface area contributed by atoms with E-state index in [9.17, 15) is 5.11 Å². The summed E-state index contributed by atoms with van der Waals surface area (Å²) in [5.41, 5.74) is 2.45. The molecule has 1 aliphatic heterocycles. The molecule has 0 bridgehead atoms. The first kappa shape index (κ1) is 14.2. The van der Waals surface area contributed by atoms with Gasteiger partial charge in [-0.3, -0.25) is 0 Å². The van der Waals surface area contributed by atoms with Crippen LogP contribution in [0.3, 0.4) is 0 Å². The number of hydrogen-bond donors (Lipinski definition) is 2. The Hall–Kier alpha value is -0.770. The van der Waals surface area contributed by atoms with Crippen molar-refractivity contribution in [1.29, 1.82) is 0 Å². The normalized spacial score (nSPS) is 23.1. The van der Waals surface area contributed by atoms with Crippen LogP contribution < -0.4 is 10.2 Å². The number of rotatable bonds is 5. The number of aliphatic hydroxyl groups excluding tert-OH is 1. The maximum absolute atomic E-state index is 9.40. The number of anilines is 1. The summed E-state index contributed by atoms with van der Waals surface area (Å²) >= 11 is 6.41. The van der Waals surface area contributed by atoms with Gasteiger partial charge < -0.3 is 15.3 Å². The zero-order valence-corrected chi connectivity index (χ0v) is 12.6. The van der Waals surface area contributed by atoms with Gasteiger partial charge in [-0.1, -0.05) is 17.7 Å². The van der Waals surface area contributed by atoms with E-state index in [2.05, 4.69) is 16.3 Å². The van der Waals surface area contributed by atoms with E-state index in [1.165, 1.54) is 24.1 Å². The van der Waals surface area contributed by atoms with Crippen molar-refractivity contribution < 1.29 is 5.11 Å². The van der Waals surface area contributed by atoms with Gasteiger partial charge in [-0.05, 0) is 43.7 Å². The number of piperidine rings is 1. The van der Waals surface area contributed by atoms with Crippen molar-refractivity contribution in [3.8, 4) is 0 Å². The first-order valence-corrected chi connectivity index (χ1v) is 8.02. The molecule has 0 radical (unpaired) electrons. The van der Waals surface area contributed by atoms with Gasteiger partial charge in [0.15, 0.2) is 0 Å². The summed E-state index contributed by atoms with van der Waals surface area (Å²) in [5.74, 6) is 0.395. The van der Waals surface area contributed by atoms with Gasteiger partial charge in [-0.15, -0.1) is 0 Å². The Labute approximate surface area is 125 Å². The maximum Gasteiger partial charge on any atom is 0.0476 e. The Morgan fingerprint density at radius 1 is 1.30 bits per heavy atom. The molecule has 3 rings (SSSR count). The number of benzene rings is 1. The third kappa shape index (κ3) is 3.27. The third-order valence-electron chi connectivity index (χ3n) is 4.36. The largest absolute Gasteiger partial charge is 0.396 e. The second-order valence-electron chi connectivity index (χ2n) is 6.03. The molecule has 1 heterocycles. The minimum atomic E-state index is 0.284. The molecule has 1 aromatic carbocycles. The molecule has 20 heavy (non-hydrogen) atoms. The second-order valence-corrected chi connectivity index (χ2v) is 6.44. The monoisotopic (exact) mass is 294 g/mol. The fraction of sp³-hybridized carbons (Fsp3) is 0.625. The number of halogens is 1. The van der Waals surface area contributed by atoms with E-state index in [-0.39, 0.29) is 6.61 Å². The Bertz CT molecular complexity index is 462. The van der Waals surface area contributed by atoms with Gasteiger partial charge in [0.2, 0.25) is 0 Å². The van der Waals surface area contributed by atoms with Crippen LogP contribution in [0.4, 0.5) is 5.69 Å². The zero-order valence-electron chi connectivity index (χ0n) is 11.8. The molecular formula is C16H23ClN2O. The van der Waals surface area contributed by atoms with Crippen LogP contribution in [0.15, 0.2) is 18.2 Å². The fourth-order valence-corrected chi connectivity index (χ4v) is 3.22. The van der Waals surface area contributed by atoms with Gasteiger partial charge in [0.25, 0.3) is 0 Å². The Kier molecular flexibility index (Phi) is 4.49. The van der Waals surface area contributed by atoms with Crippen LogP contribution in [-0.2, 0) is 6.54 Å². The fourth-order valence-electron chi connectivity index (χ4n) is 2.99. The van der Waals surface area contributed by atoms with Crippen LogP contribution in [0.5, 0.6) is 0 Å². The van der Waals surface area contributed by atoms with Crippen molar-refractivity contribution in [2.24, 2.45) is 5.92 Å². The van der Waals surface area contributed by atoms with Crippen molar-refractivity contribution in [3.05, 3.63) is 28.8 Å².